The van der Waals surface area contributed by atoms with Gasteiger partial charge in [0.25, 0.3) is 11.4 Å². The number of hydrogen-bond donors (Lipinski definition) is 1. The molecule has 1 aromatic heterocycles. The van der Waals surface area contributed by atoms with E-state index in [-0.39, 0.29) is 0 Å². The molecule has 0 radical (unpaired) electrons. The van der Waals surface area contributed by atoms with E-state index < -0.39 is 37.6 Å². The Morgan fingerprint density at radius 1 is 1.08 bits per heavy atom. The molecule has 0 amide bonds. The minimum absolute atomic E-state index is 0.447. The van der Waals surface area contributed by atoms with Gasteiger partial charge in [-0.05, 0) is 13.8 Å². The summed E-state index contributed by atoms with van der Waals surface area (Å²) < 4.78 is 5.14. The number of phenolic OH excluding ortho intramolecular Hbond substituents is 1. The van der Waals surface area contributed by atoms with E-state index in [2.05, 4.69) is 9.97 Å². The van der Waals surface area contributed by atoms with Crippen LogP contribution in [0.5, 0.6) is 11.6 Å². The second kappa shape index (κ2) is 8.81. The predicted molar refractivity (Wildman–Crippen MR) is 86.0 cm³/mol. The Labute approximate surface area is 145 Å². The molecule has 0 unspecified atom stereocenters. The van der Waals surface area contributed by atoms with E-state index in [1.807, 2.05) is 13.8 Å². The molecule has 1 heterocycles. The zero-order valence-electron chi connectivity index (χ0n) is 13.6. The number of benzene rings is 1. The maximum atomic E-state index is 10.4. The van der Waals surface area contributed by atoms with Crippen LogP contribution >= 0.6 is 0 Å². The Balaban J connectivity index is 0.000000289. The molecule has 0 atom stereocenters. The molecule has 0 aliphatic carbocycles. The standard InChI is InChI=1S/C7H10N2O.C6H3N3O7/c1-3-10-7-4-5-8-6(2)9-7;10-6-4(8(13)14)1-3(7(11)12)2-5(6)9(15)16/h4-5H,3H2,1-2H3;1-2,10H. The topological polar surface area (TPSA) is 185 Å². The van der Waals surface area contributed by atoms with Crippen molar-refractivity contribution in [3.05, 3.63) is 60.6 Å². The van der Waals surface area contributed by atoms with E-state index in [9.17, 15) is 30.3 Å². The average Bonchev–Trinajstić information content (AvgIpc) is 2.55. The van der Waals surface area contributed by atoms with Gasteiger partial charge in [-0.1, -0.05) is 0 Å². The molecule has 13 heteroatoms. The van der Waals surface area contributed by atoms with E-state index in [1.165, 1.54) is 0 Å². The molecule has 1 aromatic carbocycles. The fraction of sp³-hybridized carbons (Fsp3) is 0.231. The van der Waals surface area contributed by atoms with Crippen LogP contribution < -0.4 is 4.74 Å². The summed E-state index contributed by atoms with van der Waals surface area (Å²) in [5.74, 6) is 0.182. The van der Waals surface area contributed by atoms with Crippen molar-refractivity contribution >= 4 is 17.1 Å². The largest absolute Gasteiger partial charge is 0.497 e. The lowest BCUT2D eigenvalue weighted by Gasteiger charge is -1.99. The SMILES string of the molecule is CCOc1ccnc(C)n1.O=[N+]([O-])c1cc([N+](=O)[O-])c(O)c([N+](=O)[O-])c1. The Morgan fingerprint density at radius 2 is 1.62 bits per heavy atom. The summed E-state index contributed by atoms with van der Waals surface area (Å²) in [6.07, 6.45) is 1.69. The molecular weight excluding hydrogens is 354 g/mol. The smallest absolute Gasteiger partial charge is 0.324 e. The monoisotopic (exact) mass is 367 g/mol. The minimum atomic E-state index is -1.21. The maximum Gasteiger partial charge on any atom is 0.324 e. The van der Waals surface area contributed by atoms with Crippen molar-refractivity contribution in [2.45, 2.75) is 13.8 Å². The minimum Gasteiger partial charge on any atom is -0.497 e. The molecule has 26 heavy (non-hydrogen) atoms. The van der Waals surface area contributed by atoms with Crippen molar-refractivity contribution in [3.63, 3.8) is 0 Å². The third kappa shape index (κ3) is 5.33. The first kappa shape index (κ1) is 20.1. The van der Waals surface area contributed by atoms with Crippen molar-refractivity contribution in [2.75, 3.05) is 6.61 Å². The number of nitrogens with zero attached hydrogens (tertiary/aromatic N) is 5. The van der Waals surface area contributed by atoms with E-state index in [1.54, 1.807) is 12.3 Å². The van der Waals surface area contributed by atoms with Gasteiger partial charge < -0.3 is 9.84 Å². The van der Waals surface area contributed by atoms with Gasteiger partial charge in [-0.15, -0.1) is 0 Å². The zero-order chi connectivity index (χ0) is 19.9. The van der Waals surface area contributed by atoms with Crippen LogP contribution in [0.4, 0.5) is 17.1 Å². The number of rotatable bonds is 5. The number of aryl methyl sites for hydroxylation is 1. The lowest BCUT2D eigenvalue weighted by atomic mass is 10.2. The molecule has 2 aromatic rings. The normalized spacial score (nSPS) is 9.62. The molecule has 0 fully saturated rings. The zero-order valence-corrected chi connectivity index (χ0v) is 13.6. The van der Waals surface area contributed by atoms with Crippen LogP contribution in [-0.4, -0.2) is 36.5 Å². The lowest BCUT2D eigenvalue weighted by Crippen LogP contribution is -1.97. The molecular formula is C13H13N5O8. The molecule has 0 bridgehead atoms. The van der Waals surface area contributed by atoms with Gasteiger partial charge in [0.05, 0.1) is 33.5 Å². The van der Waals surface area contributed by atoms with Gasteiger partial charge in [0.2, 0.25) is 5.88 Å². The van der Waals surface area contributed by atoms with Gasteiger partial charge in [0.15, 0.2) is 0 Å². The van der Waals surface area contributed by atoms with E-state index in [0.29, 0.717) is 24.6 Å². The fourth-order valence-electron chi connectivity index (χ4n) is 1.64. The van der Waals surface area contributed by atoms with Crippen LogP contribution in [0.25, 0.3) is 0 Å². The molecule has 0 aliphatic rings. The quantitative estimate of drug-likeness (QED) is 0.607. The Kier molecular flexibility index (Phi) is 6.83. The highest BCUT2D eigenvalue weighted by atomic mass is 16.6. The Morgan fingerprint density at radius 3 is 2.00 bits per heavy atom. The molecule has 2 rings (SSSR count). The summed E-state index contributed by atoms with van der Waals surface area (Å²) in [5, 5.41) is 40.2. The van der Waals surface area contributed by atoms with Gasteiger partial charge >= 0.3 is 11.4 Å². The van der Waals surface area contributed by atoms with Crippen molar-refractivity contribution in [3.8, 4) is 11.6 Å². The van der Waals surface area contributed by atoms with Crippen molar-refractivity contribution in [2.24, 2.45) is 0 Å². The highest BCUT2D eigenvalue weighted by Gasteiger charge is 2.30. The van der Waals surface area contributed by atoms with Crippen LogP contribution in [-0.2, 0) is 0 Å². The first-order chi connectivity index (χ1) is 12.2. The molecule has 1 N–H and O–H groups in total. The number of nitro benzene ring substituents is 3. The van der Waals surface area contributed by atoms with Gasteiger partial charge in [-0.2, -0.15) is 4.98 Å². The summed E-state index contributed by atoms with van der Waals surface area (Å²) in [6, 6.07) is 2.64. The van der Waals surface area contributed by atoms with Gasteiger partial charge in [0.1, 0.15) is 5.82 Å². The summed E-state index contributed by atoms with van der Waals surface area (Å²) >= 11 is 0. The van der Waals surface area contributed by atoms with Crippen LogP contribution in [0, 0.1) is 37.3 Å². The van der Waals surface area contributed by atoms with Gasteiger partial charge in [0, 0.05) is 12.3 Å². The number of nitro groups is 3. The van der Waals surface area contributed by atoms with Crippen LogP contribution in [0.3, 0.4) is 0 Å². The number of aromatic hydroxyl groups is 1. The second-order valence-electron chi connectivity index (χ2n) is 4.48. The van der Waals surface area contributed by atoms with Crippen molar-refractivity contribution < 1.29 is 24.6 Å². The summed E-state index contributed by atoms with van der Waals surface area (Å²) in [7, 11) is 0. The van der Waals surface area contributed by atoms with Gasteiger partial charge in [-0.3, -0.25) is 30.3 Å². The fourth-order valence-corrected chi connectivity index (χ4v) is 1.64. The molecule has 13 nitrogen and oxygen atoms in total. The van der Waals surface area contributed by atoms with E-state index >= 15 is 0 Å². The van der Waals surface area contributed by atoms with Crippen LogP contribution in [0.1, 0.15) is 12.7 Å². The summed E-state index contributed by atoms with van der Waals surface area (Å²) in [4.78, 5) is 35.7. The third-order valence-electron chi connectivity index (χ3n) is 2.70. The Bertz CT molecular complexity index is 806. The molecule has 0 spiro atoms. The van der Waals surface area contributed by atoms with Crippen molar-refractivity contribution in [1.82, 2.24) is 9.97 Å². The van der Waals surface area contributed by atoms with Crippen molar-refractivity contribution in [1.29, 1.82) is 0 Å². The maximum absolute atomic E-state index is 10.4. The third-order valence-corrected chi connectivity index (χ3v) is 2.70. The highest BCUT2D eigenvalue weighted by molar-refractivity contribution is 5.64. The molecule has 0 saturated heterocycles. The first-order valence-corrected chi connectivity index (χ1v) is 6.90. The average molecular weight is 367 g/mol. The number of aromatic nitrogens is 2. The summed E-state index contributed by atoms with van der Waals surface area (Å²) in [6.45, 7) is 4.41. The highest BCUT2D eigenvalue weighted by Crippen LogP contribution is 2.38. The lowest BCUT2D eigenvalue weighted by molar-refractivity contribution is -0.404. The molecule has 0 aliphatic heterocycles. The predicted octanol–water partition coefficient (Wildman–Crippen LogP) is 2.30. The number of hydrogen-bond acceptors (Lipinski definition) is 10. The number of non-ortho nitro benzene ring substituents is 1. The van der Waals surface area contributed by atoms with Crippen LogP contribution in [0.15, 0.2) is 24.4 Å². The molecule has 0 saturated carbocycles. The number of ether oxygens (including phenoxy) is 1. The van der Waals surface area contributed by atoms with Gasteiger partial charge in [-0.25, -0.2) is 4.98 Å². The van der Waals surface area contributed by atoms with E-state index in [4.69, 9.17) is 9.84 Å². The second-order valence-corrected chi connectivity index (χ2v) is 4.48. The Hall–Kier alpha value is -3.90. The van der Waals surface area contributed by atoms with E-state index in [0.717, 1.165) is 5.82 Å². The molecule has 138 valence electrons. The number of phenols is 1. The van der Waals surface area contributed by atoms with Crippen LogP contribution in [0.2, 0.25) is 0 Å². The first-order valence-electron chi connectivity index (χ1n) is 6.90. The summed E-state index contributed by atoms with van der Waals surface area (Å²) in [5.41, 5.74) is -3.00.